The first-order valence-corrected chi connectivity index (χ1v) is 9.52. The van der Waals surface area contributed by atoms with Crippen LogP contribution >= 0.6 is 27.3 Å². The average molecular weight is 385 g/mol. The summed E-state index contributed by atoms with van der Waals surface area (Å²) in [6.45, 7) is 1.84. The predicted octanol–water partition coefficient (Wildman–Crippen LogP) is 2.33. The van der Waals surface area contributed by atoms with Crippen molar-refractivity contribution < 1.29 is 13.2 Å². The monoisotopic (exact) mass is 384 g/mol. The Morgan fingerprint density at radius 1 is 1.35 bits per heavy atom. The molecule has 5 nitrogen and oxygen atoms in total. The Hall–Kier alpha value is 0.01000. The number of ether oxygens (including phenoxy) is 1. The van der Waals surface area contributed by atoms with E-state index in [1.165, 1.54) is 11.3 Å². The summed E-state index contributed by atoms with van der Waals surface area (Å²) in [5.41, 5.74) is 0. The van der Waals surface area contributed by atoms with Crippen LogP contribution in [-0.4, -0.2) is 35.7 Å². The first-order chi connectivity index (χ1) is 9.51. The highest BCUT2D eigenvalue weighted by Crippen LogP contribution is 2.31. The fourth-order valence-electron chi connectivity index (χ4n) is 1.67. The van der Waals surface area contributed by atoms with Gasteiger partial charge in [0, 0.05) is 31.7 Å². The molecule has 0 unspecified atom stereocenters. The highest BCUT2D eigenvalue weighted by atomic mass is 79.9. The van der Waals surface area contributed by atoms with Crippen molar-refractivity contribution in [1.29, 1.82) is 0 Å². The molecule has 2 N–H and O–H groups in total. The maximum absolute atomic E-state index is 12.2. The van der Waals surface area contributed by atoms with E-state index < -0.39 is 10.0 Å². The molecule has 1 heterocycles. The Morgan fingerprint density at radius 2 is 2.10 bits per heavy atom. The van der Waals surface area contributed by atoms with Crippen LogP contribution in [0.3, 0.4) is 0 Å². The van der Waals surface area contributed by atoms with E-state index in [9.17, 15) is 8.42 Å². The molecule has 1 aromatic rings. The lowest BCUT2D eigenvalue weighted by molar-refractivity contribution is 0.192. The van der Waals surface area contributed by atoms with Gasteiger partial charge in [0.15, 0.2) is 0 Å². The van der Waals surface area contributed by atoms with Crippen molar-refractivity contribution in [2.24, 2.45) is 0 Å². The molecule has 0 aliphatic carbocycles. The molecule has 0 amide bonds. The lowest BCUT2D eigenvalue weighted by Crippen LogP contribution is -2.24. The van der Waals surface area contributed by atoms with Crippen LogP contribution in [0.15, 0.2) is 14.7 Å². The summed E-state index contributed by atoms with van der Waals surface area (Å²) in [6.07, 6.45) is 2.71. The minimum Gasteiger partial charge on any atom is -0.385 e. The first-order valence-electron chi connectivity index (χ1n) is 6.42. The molecule has 0 spiro atoms. The fourth-order valence-corrected chi connectivity index (χ4v) is 5.44. The Morgan fingerprint density at radius 3 is 2.75 bits per heavy atom. The first kappa shape index (κ1) is 18.1. The van der Waals surface area contributed by atoms with Crippen molar-refractivity contribution in [1.82, 2.24) is 10.0 Å². The zero-order chi connectivity index (χ0) is 15.0. The number of hydrogen-bond donors (Lipinski definition) is 2. The number of thiophene rings is 1. The van der Waals surface area contributed by atoms with Crippen LogP contribution in [0.1, 0.15) is 24.1 Å². The van der Waals surface area contributed by atoms with Gasteiger partial charge < -0.3 is 10.1 Å². The van der Waals surface area contributed by atoms with Crippen LogP contribution in [0, 0.1) is 0 Å². The summed E-state index contributed by atoms with van der Waals surface area (Å²) in [4.78, 5) is 1.31. The number of halogens is 1. The summed E-state index contributed by atoms with van der Waals surface area (Å²) in [6, 6.07) is 1.71. The average Bonchev–Trinajstić information content (AvgIpc) is 2.76. The van der Waals surface area contributed by atoms with Gasteiger partial charge in [-0.25, -0.2) is 13.1 Å². The molecule has 0 radical (unpaired) electrons. The minimum atomic E-state index is -3.43. The van der Waals surface area contributed by atoms with Crippen LogP contribution in [0.25, 0.3) is 0 Å². The lowest BCUT2D eigenvalue weighted by atomic mass is 10.2. The molecular formula is C12H21BrN2O3S2. The predicted molar refractivity (Wildman–Crippen MR) is 85.7 cm³/mol. The van der Waals surface area contributed by atoms with Gasteiger partial charge >= 0.3 is 0 Å². The maximum Gasteiger partial charge on any atom is 0.242 e. The molecular weight excluding hydrogens is 364 g/mol. The van der Waals surface area contributed by atoms with Crippen LogP contribution in [-0.2, 0) is 21.3 Å². The van der Waals surface area contributed by atoms with Gasteiger partial charge in [-0.2, -0.15) is 0 Å². The molecule has 0 saturated heterocycles. The Bertz CT molecular complexity index is 503. The van der Waals surface area contributed by atoms with Crippen LogP contribution in [0.4, 0.5) is 0 Å². The van der Waals surface area contributed by atoms with Gasteiger partial charge in [0.2, 0.25) is 10.0 Å². The van der Waals surface area contributed by atoms with Crippen LogP contribution in [0.5, 0.6) is 0 Å². The Kier molecular flexibility index (Phi) is 8.23. The molecule has 0 aromatic carbocycles. The second kappa shape index (κ2) is 9.11. The van der Waals surface area contributed by atoms with E-state index in [0.717, 1.165) is 30.7 Å². The molecule has 8 heteroatoms. The topological polar surface area (TPSA) is 67.4 Å². The number of rotatable bonds is 10. The summed E-state index contributed by atoms with van der Waals surface area (Å²) >= 11 is 4.76. The molecule has 0 bridgehead atoms. The molecule has 0 saturated carbocycles. The van der Waals surface area contributed by atoms with Crippen molar-refractivity contribution in [3.63, 3.8) is 0 Å². The molecule has 116 valence electrons. The number of unbranched alkanes of at least 4 members (excludes halogenated alkanes) is 2. The van der Waals surface area contributed by atoms with E-state index >= 15 is 0 Å². The highest BCUT2D eigenvalue weighted by Gasteiger charge is 2.20. The molecule has 1 aromatic heterocycles. The van der Waals surface area contributed by atoms with E-state index in [-0.39, 0.29) is 0 Å². The van der Waals surface area contributed by atoms with Gasteiger partial charge in [-0.3, -0.25) is 0 Å². The van der Waals surface area contributed by atoms with E-state index in [0.29, 0.717) is 21.8 Å². The zero-order valence-electron chi connectivity index (χ0n) is 11.7. The van der Waals surface area contributed by atoms with Crippen molar-refractivity contribution in [3.05, 3.63) is 14.7 Å². The molecule has 0 aliphatic heterocycles. The van der Waals surface area contributed by atoms with Crippen molar-refractivity contribution in [2.75, 3.05) is 27.3 Å². The van der Waals surface area contributed by atoms with E-state index in [2.05, 4.69) is 26.0 Å². The third-order valence-electron chi connectivity index (χ3n) is 2.66. The SMILES string of the molecule is CNCc1cc(S(=O)(=O)NCCCCCOC)c(Br)s1. The summed E-state index contributed by atoms with van der Waals surface area (Å²) < 4.78 is 32.6. The standard InChI is InChI=1S/C12H21BrN2O3S2/c1-14-9-10-8-11(12(13)19-10)20(16,17)15-6-4-3-5-7-18-2/h8,14-15H,3-7,9H2,1-2H3. The quantitative estimate of drug-likeness (QED) is 0.607. The zero-order valence-corrected chi connectivity index (χ0v) is 15.0. The number of nitrogens with one attached hydrogen (secondary N) is 2. The Labute approximate surface area is 133 Å². The van der Waals surface area contributed by atoms with Gasteiger partial charge in [-0.15, -0.1) is 11.3 Å². The normalized spacial score (nSPS) is 11.9. The van der Waals surface area contributed by atoms with E-state index in [4.69, 9.17) is 4.74 Å². The molecule has 0 atom stereocenters. The van der Waals surface area contributed by atoms with Crippen LogP contribution < -0.4 is 10.0 Å². The number of hydrogen-bond acceptors (Lipinski definition) is 5. The maximum atomic E-state index is 12.2. The van der Waals surface area contributed by atoms with Gasteiger partial charge in [0.25, 0.3) is 0 Å². The second-order valence-electron chi connectivity index (χ2n) is 4.33. The largest absolute Gasteiger partial charge is 0.385 e. The smallest absolute Gasteiger partial charge is 0.242 e. The fraction of sp³-hybridized carbons (Fsp3) is 0.667. The molecule has 20 heavy (non-hydrogen) atoms. The summed E-state index contributed by atoms with van der Waals surface area (Å²) in [7, 11) is 0.0730. The van der Waals surface area contributed by atoms with Crippen molar-refractivity contribution in [2.45, 2.75) is 30.7 Å². The van der Waals surface area contributed by atoms with Gasteiger partial charge in [-0.1, -0.05) is 0 Å². The number of methoxy groups -OCH3 is 1. The molecule has 0 aliphatic rings. The van der Waals surface area contributed by atoms with Crippen molar-refractivity contribution in [3.8, 4) is 0 Å². The minimum absolute atomic E-state index is 0.324. The van der Waals surface area contributed by atoms with Gasteiger partial charge in [0.1, 0.15) is 4.90 Å². The van der Waals surface area contributed by atoms with E-state index in [1.54, 1.807) is 13.2 Å². The van der Waals surface area contributed by atoms with Gasteiger partial charge in [0.05, 0.1) is 3.79 Å². The van der Waals surface area contributed by atoms with Crippen molar-refractivity contribution >= 4 is 37.3 Å². The van der Waals surface area contributed by atoms with E-state index in [1.807, 2.05) is 7.05 Å². The second-order valence-corrected chi connectivity index (χ2v) is 8.52. The molecule has 1 rings (SSSR count). The summed E-state index contributed by atoms with van der Waals surface area (Å²) in [5, 5.41) is 3.01. The van der Waals surface area contributed by atoms with Crippen LogP contribution in [0.2, 0.25) is 0 Å². The van der Waals surface area contributed by atoms with Gasteiger partial charge in [-0.05, 0) is 48.3 Å². The highest BCUT2D eigenvalue weighted by molar-refractivity contribution is 9.11. The molecule has 0 fully saturated rings. The third kappa shape index (κ3) is 5.79. The number of sulfonamides is 1. The summed E-state index contributed by atoms with van der Waals surface area (Å²) in [5.74, 6) is 0. The Balaban J connectivity index is 2.51. The third-order valence-corrected chi connectivity index (χ3v) is 6.38. The lowest BCUT2D eigenvalue weighted by Gasteiger charge is -2.05.